The number of hydrogen-bond acceptors (Lipinski definition) is 5. The van der Waals surface area contributed by atoms with E-state index in [1.165, 1.54) is 16.9 Å². The van der Waals surface area contributed by atoms with E-state index in [-0.39, 0.29) is 17.9 Å². The van der Waals surface area contributed by atoms with Crippen molar-refractivity contribution in [3.05, 3.63) is 59.1 Å². The maximum atomic E-state index is 13.4. The molecular weight excluding hydrogens is 436 g/mol. The first kappa shape index (κ1) is 22.5. The number of ether oxygens (including phenoxy) is 1. The van der Waals surface area contributed by atoms with Crippen molar-refractivity contribution in [3.8, 4) is 0 Å². The number of para-hydroxylation sites is 1. The Bertz CT molecular complexity index is 948. The third kappa shape index (κ3) is 5.13. The van der Waals surface area contributed by atoms with Gasteiger partial charge in [0.05, 0.1) is 25.2 Å². The molecule has 7 heteroatoms. The van der Waals surface area contributed by atoms with Crippen LogP contribution in [0.2, 0.25) is 5.02 Å². The number of halogens is 1. The zero-order chi connectivity index (χ0) is 22.6. The lowest BCUT2D eigenvalue weighted by atomic mass is 9.83. The van der Waals surface area contributed by atoms with Crippen molar-refractivity contribution < 1.29 is 9.53 Å². The minimum atomic E-state index is -0.0570. The lowest BCUT2D eigenvalue weighted by molar-refractivity contribution is -0.125. The molecule has 6 nitrogen and oxygen atoms in total. The predicted molar refractivity (Wildman–Crippen MR) is 133 cm³/mol. The van der Waals surface area contributed by atoms with Crippen LogP contribution < -0.4 is 15.1 Å². The number of nitrogens with one attached hydrogen (secondary N) is 1. The molecule has 3 heterocycles. The number of fused-ring (bicyclic) bond motifs is 3. The van der Waals surface area contributed by atoms with Gasteiger partial charge in [0.25, 0.3) is 0 Å². The first-order valence-corrected chi connectivity index (χ1v) is 12.5. The van der Waals surface area contributed by atoms with Gasteiger partial charge in [0, 0.05) is 55.7 Å². The molecule has 2 aromatic rings. The van der Waals surface area contributed by atoms with E-state index in [9.17, 15) is 4.79 Å². The molecule has 176 valence electrons. The van der Waals surface area contributed by atoms with Crippen LogP contribution in [0, 0.1) is 5.92 Å². The smallest absolute Gasteiger partial charge is 0.225 e. The molecule has 3 aliphatic heterocycles. The molecule has 0 radical (unpaired) electrons. The Labute approximate surface area is 201 Å². The molecule has 2 atom stereocenters. The Morgan fingerprint density at radius 3 is 2.64 bits per heavy atom. The Hall–Kier alpha value is -2.28. The van der Waals surface area contributed by atoms with Crippen molar-refractivity contribution >= 4 is 28.9 Å². The minimum Gasteiger partial charge on any atom is -0.379 e. The molecule has 2 aromatic carbocycles. The third-order valence-electron chi connectivity index (χ3n) is 7.21. The van der Waals surface area contributed by atoms with Crippen molar-refractivity contribution in [2.24, 2.45) is 5.92 Å². The summed E-state index contributed by atoms with van der Waals surface area (Å²) in [5.41, 5.74) is 3.74. The number of carbonyl (C=O) groups excluding carboxylic acids is 1. The minimum absolute atomic E-state index is 0.0570. The summed E-state index contributed by atoms with van der Waals surface area (Å²) in [7, 11) is 0. The van der Waals surface area contributed by atoms with E-state index in [4.69, 9.17) is 16.3 Å². The first-order chi connectivity index (χ1) is 16.2. The molecule has 0 unspecified atom stereocenters. The van der Waals surface area contributed by atoms with Gasteiger partial charge in [-0.15, -0.1) is 0 Å². The van der Waals surface area contributed by atoms with E-state index >= 15 is 0 Å². The van der Waals surface area contributed by atoms with Gasteiger partial charge < -0.3 is 19.9 Å². The number of morpholine rings is 1. The average Bonchev–Trinajstić information content (AvgIpc) is 2.87. The van der Waals surface area contributed by atoms with Crippen LogP contribution in [0.1, 0.15) is 12.0 Å². The van der Waals surface area contributed by atoms with Gasteiger partial charge in [-0.2, -0.15) is 0 Å². The molecule has 5 rings (SSSR count). The SMILES string of the molecule is O=C(NCCCN1CCOCC1)[C@@H]1Cc2ccccc2N2CCN(c3ccc(Cl)cc3)C[C@@H]12. The summed E-state index contributed by atoms with van der Waals surface area (Å²) in [5.74, 6) is 0.123. The van der Waals surface area contributed by atoms with E-state index < -0.39 is 0 Å². The predicted octanol–water partition coefficient (Wildman–Crippen LogP) is 3.05. The van der Waals surface area contributed by atoms with Crippen LogP contribution in [0.3, 0.4) is 0 Å². The van der Waals surface area contributed by atoms with Crippen molar-refractivity contribution in [2.45, 2.75) is 18.9 Å². The topological polar surface area (TPSA) is 48.1 Å². The fourth-order valence-corrected chi connectivity index (χ4v) is 5.54. The molecule has 0 aromatic heterocycles. The van der Waals surface area contributed by atoms with Gasteiger partial charge in [0.15, 0.2) is 0 Å². The van der Waals surface area contributed by atoms with Crippen LogP contribution in [0.4, 0.5) is 11.4 Å². The summed E-state index contributed by atoms with van der Waals surface area (Å²) in [6.07, 6.45) is 1.77. The number of benzene rings is 2. The highest BCUT2D eigenvalue weighted by atomic mass is 35.5. The zero-order valence-electron chi connectivity index (χ0n) is 19.1. The largest absolute Gasteiger partial charge is 0.379 e. The number of hydrogen-bond donors (Lipinski definition) is 1. The second-order valence-electron chi connectivity index (χ2n) is 9.22. The fraction of sp³-hybridized carbons (Fsp3) is 0.500. The highest BCUT2D eigenvalue weighted by molar-refractivity contribution is 6.30. The van der Waals surface area contributed by atoms with Crippen LogP contribution in [-0.4, -0.2) is 75.9 Å². The van der Waals surface area contributed by atoms with Crippen molar-refractivity contribution in [1.82, 2.24) is 10.2 Å². The Morgan fingerprint density at radius 2 is 1.82 bits per heavy atom. The van der Waals surface area contributed by atoms with Gasteiger partial charge in [-0.05, 0) is 55.3 Å². The van der Waals surface area contributed by atoms with Gasteiger partial charge in [-0.3, -0.25) is 9.69 Å². The highest BCUT2D eigenvalue weighted by Crippen LogP contribution is 2.37. The van der Waals surface area contributed by atoms with Crippen LogP contribution in [0.5, 0.6) is 0 Å². The van der Waals surface area contributed by atoms with Crippen LogP contribution in [-0.2, 0) is 16.0 Å². The Balaban J connectivity index is 1.26. The summed E-state index contributed by atoms with van der Waals surface area (Å²) in [6.45, 7) is 8.02. The van der Waals surface area contributed by atoms with E-state index in [1.807, 2.05) is 12.1 Å². The molecule has 0 saturated carbocycles. The fourth-order valence-electron chi connectivity index (χ4n) is 5.41. The van der Waals surface area contributed by atoms with Crippen LogP contribution in [0.15, 0.2) is 48.5 Å². The summed E-state index contributed by atoms with van der Waals surface area (Å²) < 4.78 is 5.42. The van der Waals surface area contributed by atoms with Gasteiger partial charge >= 0.3 is 0 Å². The van der Waals surface area contributed by atoms with Crippen LogP contribution >= 0.6 is 11.6 Å². The van der Waals surface area contributed by atoms with Gasteiger partial charge in [-0.1, -0.05) is 29.8 Å². The number of nitrogens with zero attached hydrogens (tertiary/aromatic N) is 3. The Morgan fingerprint density at radius 1 is 1.03 bits per heavy atom. The quantitative estimate of drug-likeness (QED) is 0.660. The molecule has 0 bridgehead atoms. The molecular formula is C26H33ClN4O2. The van der Waals surface area contributed by atoms with E-state index in [1.54, 1.807) is 0 Å². The molecule has 2 fully saturated rings. The number of rotatable bonds is 6. The van der Waals surface area contributed by atoms with Gasteiger partial charge in [0.2, 0.25) is 5.91 Å². The summed E-state index contributed by atoms with van der Waals surface area (Å²) in [5, 5.41) is 4.01. The summed E-state index contributed by atoms with van der Waals surface area (Å²) >= 11 is 6.10. The molecule has 0 aliphatic carbocycles. The second-order valence-corrected chi connectivity index (χ2v) is 9.66. The molecule has 2 saturated heterocycles. The van der Waals surface area contributed by atoms with E-state index in [0.29, 0.717) is 0 Å². The van der Waals surface area contributed by atoms with E-state index in [0.717, 1.165) is 76.9 Å². The highest BCUT2D eigenvalue weighted by Gasteiger charge is 2.41. The molecule has 1 amide bonds. The number of anilines is 2. The summed E-state index contributed by atoms with van der Waals surface area (Å²) in [6, 6.07) is 16.8. The summed E-state index contributed by atoms with van der Waals surface area (Å²) in [4.78, 5) is 20.7. The number of amides is 1. The number of carbonyl (C=O) groups is 1. The lowest BCUT2D eigenvalue weighted by Crippen LogP contribution is -2.61. The maximum Gasteiger partial charge on any atom is 0.225 e. The second kappa shape index (κ2) is 10.3. The van der Waals surface area contributed by atoms with Gasteiger partial charge in [0.1, 0.15) is 0 Å². The monoisotopic (exact) mass is 468 g/mol. The first-order valence-electron chi connectivity index (χ1n) is 12.1. The van der Waals surface area contributed by atoms with Gasteiger partial charge in [-0.25, -0.2) is 0 Å². The number of piperazine rings is 1. The van der Waals surface area contributed by atoms with E-state index in [2.05, 4.69) is 56.4 Å². The van der Waals surface area contributed by atoms with Crippen LogP contribution in [0.25, 0.3) is 0 Å². The molecule has 0 spiro atoms. The average molecular weight is 469 g/mol. The molecule has 3 aliphatic rings. The lowest BCUT2D eigenvalue weighted by Gasteiger charge is -2.49. The van der Waals surface area contributed by atoms with Crippen molar-refractivity contribution in [1.29, 1.82) is 0 Å². The zero-order valence-corrected chi connectivity index (χ0v) is 19.8. The standard InChI is InChI=1S/C26H33ClN4O2/c27-21-6-8-22(9-7-21)30-12-13-31-24-5-2-1-4-20(24)18-23(25(31)19-30)26(32)28-10-3-11-29-14-16-33-17-15-29/h1-2,4-9,23,25H,3,10-19H2,(H,28,32)/t23-,25+/m1/s1. The third-order valence-corrected chi connectivity index (χ3v) is 7.46. The Kier molecular flexibility index (Phi) is 7.04. The van der Waals surface area contributed by atoms with Crippen molar-refractivity contribution in [2.75, 3.05) is 68.8 Å². The normalized spacial score (nSPS) is 23.1. The maximum absolute atomic E-state index is 13.4. The molecule has 1 N–H and O–H groups in total. The molecule has 33 heavy (non-hydrogen) atoms. The van der Waals surface area contributed by atoms with Crippen molar-refractivity contribution in [3.63, 3.8) is 0 Å².